The van der Waals surface area contributed by atoms with Crippen LogP contribution in [0.5, 0.6) is 0 Å². The van der Waals surface area contributed by atoms with E-state index in [1.807, 2.05) is 0 Å². The molecule has 0 saturated carbocycles. The van der Waals surface area contributed by atoms with E-state index in [0.717, 1.165) is 4.90 Å². The van der Waals surface area contributed by atoms with Crippen molar-refractivity contribution in [1.82, 2.24) is 4.90 Å². The van der Waals surface area contributed by atoms with Crippen molar-refractivity contribution < 1.29 is 30.6 Å². The standard InChI is InChI=1S/C9H21NO6/c1-2-9(15,16)10(3-4-11)8(5-12,6-13)7-14/h11-16H,2-7H2,1H3. The number of hydrogen-bond donors (Lipinski definition) is 6. The van der Waals surface area contributed by atoms with Crippen LogP contribution in [0.2, 0.25) is 0 Å². The van der Waals surface area contributed by atoms with Crippen molar-refractivity contribution in [3.8, 4) is 0 Å². The van der Waals surface area contributed by atoms with Crippen molar-refractivity contribution in [2.45, 2.75) is 24.8 Å². The summed E-state index contributed by atoms with van der Waals surface area (Å²) in [4.78, 5) is 0.889. The zero-order valence-corrected chi connectivity index (χ0v) is 9.37. The molecule has 0 aromatic carbocycles. The van der Waals surface area contributed by atoms with Crippen molar-refractivity contribution in [3.05, 3.63) is 0 Å². The quantitative estimate of drug-likeness (QED) is 0.250. The van der Waals surface area contributed by atoms with Crippen LogP contribution < -0.4 is 0 Å². The Morgan fingerprint density at radius 3 is 1.62 bits per heavy atom. The molecular formula is C9H21NO6. The van der Waals surface area contributed by atoms with Gasteiger partial charge in [0.15, 0.2) is 0 Å². The maximum atomic E-state index is 9.68. The molecule has 0 fully saturated rings. The molecule has 0 atom stereocenters. The second-order valence-electron chi connectivity index (χ2n) is 3.70. The van der Waals surface area contributed by atoms with Gasteiger partial charge in [-0.3, -0.25) is 0 Å². The van der Waals surface area contributed by atoms with Gasteiger partial charge in [-0.15, -0.1) is 0 Å². The minimum Gasteiger partial charge on any atom is -0.395 e. The number of hydrogen-bond acceptors (Lipinski definition) is 7. The Balaban J connectivity index is 5.14. The lowest BCUT2D eigenvalue weighted by Crippen LogP contribution is -2.66. The van der Waals surface area contributed by atoms with Crippen molar-refractivity contribution in [1.29, 1.82) is 0 Å². The molecule has 16 heavy (non-hydrogen) atoms. The molecule has 0 aliphatic rings. The van der Waals surface area contributed by atoms with Gasteiger partial charge in [-0.1, -0.05) is 6.92 Å². The Kier molecular flexibility index (Phi) is 6.34. The minimum absolute atomic E-state index is 0.102. The Bertz CT molecular complexity index is 186. The molecule has 0 aliphatic carbocycles. The maximum absolute atomic E-state index is 9.68. The molecule has 0 rings (SSSR count). The van der Waals surface area contributed by atoms with E-state index in [4.69, 9.17) is 20.4 Å². The molecule has 0 aromatic heterocycles. The molecule has 0 amide bonds. The highest BCUT2D eigenvalue weighted by molar-refractivity contribution is 4.92. The fraction of sp³-hybridized carbons (Fsp3) is 1.00. The third-order valence-corrected chi connectivity index (χ3v) is 2.69. The van der Waals surface area contributed by atoms with Gasteiger partial charge in [0.1, 0.15) is 0 Å². The van der Waals surface area contributed by atoms with Crippen LogP contribution in [0.25, 0.3) is 0 Å². The van der Waals surface area contributed by atoms with E-state index in [2.05, 4.69) is 0 Å². The van der Waals surface area contributed by atoms with Crippen LogP contribution in [0.1, 0.15) is 13.3 Å². The highest BCUT2D eigenvalue weighted by atomic mass is 16.5. The van der Waals surface area contributed by atoms with Crippen LogP contribution in [0.3, 0.4) is 0 Å². The summed E-state index contributed by atoms with van der Waals surface area (Å²) in [7, 11) is 0. The lowest BCUT2D eigenvalue weighted by Gasteiger charge is -2.46. The van der Waals surface area contributed by atoms with Crippen LogP contribution >= 0.6 is 0 Å². The smallest absolute Gasteiger partial charge is 0.225 e. The molecule has 0 saturated heterocycles. The predicted octanol–water partition coefficient (Wildman–Crippen LogP) is -2.96. The summed E-state index contributed by atoms with van der Waals surface area (Å²) in [5.74, 6) is -2.31. The molecule has 0 aromatic rings. The number of aliphatic hydroxyl groups excluding tert-OH is 4. The van der Waals surface area contributed by atoms with E-state index in [0.29, 0.717) is 0 Å². The van der Waals surface area contributed by atoms with E-state index < -0.39 is 37.9 Å². The number of nitrogens with zero attached hydrogens (tertiary/aromatic N) is 1. The average Bonchev–Trinajstić information content (AvgIpc) is 2.30. The van der Waals surface area contributed by atoms with Crippen LogP contribution in [-0.2, 0) is 0 Å². The van der Waals surface area contributed by atoms with Gasteiger partial charge < -0.3 is 30.6 Å². The Hall–Kier alpha value is -0.280. The van der Waals surface area contributed by atoms with Crippen molar-refractivity contribution in [3.63, 3.8) is 0 Å². The number of rotatable bonds is 8. The van der Waals surface area contributed by atoms with Crippen molar-refractivity contribution in [2.75, 3.05) is 33.0 Å². The highest BCUT2D eigenvalue weighted by Gasteiger charge is 2.45. The monoisotopic (exact) mass is 239 g/mol. The third-order valence-electron chi connectivity index (χ3n) is 2.69. The van der Waals surface area contributed by atoms with E-state index in [9.17, 15) is 10.2 Å². The van der Waals surface area contributed by atoms with E-state index >= 15 is 0 Å². The van der Waals surface area contributed by atoms with E-state index in [1.54, 1.807) is 0 Å². The van der Waals surface area contributed by atoms with Crippen LogP contribution in [0.15, 0.2) is 0 Å². The summed E-state index contributed by atoms with van der Waals surface area (Å²) in [5.41, 5.74) is -1.58. The van der Waals surface area contributed by atoms with E-state index in [1.165, 1.54) is 6.92 Å². The summed E-state index contributed by atoms with van der Waals surface area (Å²) < 4.78 is 0. The van der Waals surface area contributed by atoms with Gasteiger partial charge in [0.25, 0.3) is 0 Å². The summed E-state index contributed by atoms with van der Waals surface area (Å²) >= 11 is 0. The highest BCUT2D eigenvalue weighted by Crippen LogP contribution is 2.24. The number of aliphatic hydroxyl groups is 6. The van der Waals surface area contributed by atoms with Gasteiger partial charge in [-0.05, 0) is 0 Å². The molecule has 7 heteroatoms. The van der Waals surface area contributed by atoms with Crippen LogP contribution in [0.4, 0.5) is 0 Å². The molecule has 98 valence electrons. The molecule has 0 spiro atoms. The SMILES string of the molecule is CCC(O)(O)N(CCO)C(CO)(CO)CO. The molecule has 6 N–H and O–H groups in total. The summed E-state index contributed by atoms with van der Waals surface area (Å²) in [6.07, 6.45) is -0.102. The minimum atomic E-state index is -2.31. The molecule has 0 heterocycles. The first-order valence-corrected chi connectivity index (χ1v) is 5.10. The van der Waals surface area contributed by atoms with Crippen LogP contribution in [-0.4, -0.2) is 80.0 Å². The zero-order chi connectivity index (χ0) is 12.8. The first-order valence-electron chi connectivity index (χ1n) is 5.10. The fourth-order valence-corrected chi connectivity index (χ4v) is 1.49. The van der Waals surface area contributed by atoms with Gasteiger partial charge in [0.2, 0.25) is 5.91 Å². The molecular weight excluding hydrogens is 218 g/mol. The van der Waals surface area contributed by atoms with Gasteiger partial charge in [-0.2, -0.15) is 0 Å². The van der Waals surface area contributed by atoms with E-state index in [-0.39, 0.29) is 13.0 Å². The van der Waals surface area contributed by atoms with Crippen LogP contribution in [0, 0.1) is 0 Å². The molecule has 7 nitrogen and oxygen atoms in total. The average molecular weight is 239 g/mol. The first-order chi connectivity index (χ1) is 7.44. The maximum Gasteiger partial charge on any atom is 0.225 e. The molecule has 0 bridgehead atoms. The van der Waals surface area contributed by atoms with Crippen molar-refractivity contribution >= 4 is 0 Å². The normalized spacial score (nSPS) is 13.5. The van der Waals surface area contributed by atoms with Gasteiger partial charge in [0.05, 0.1) is 32.0 Å². The second-order valence-corrected chi connectivity index (χ2v) is 3.70. The molecule has 0 unspecified atom stereocenters. The van der Waals surface area contributed by atoms with Gasteiger partial charge in [0, 0.05) is 13.0 Å². The predicted molar refractivity (Wildman–Crippen MR) is 55.2 cm³/mol. The largest absolute Gasteiger partial charge is 0.395 e. The lowest BCUT2D eigenvalue weighted by molar-refractivity contribution is -0.306. The second kappa shape index (κ2) is 6.45. The fourth-order valence-electron chi connectivity index (χ4n) is 1.49. The molecule has 0 aliphatic heterocycles. The van der Waals surface area contributed by atoms with Gasteiger partial charge >= 0.3 is 0 Å². The van der Waals surface area contributed by atoms with Gasteiger partial charge in [-0.25, -0.2) is 4.90 Å². The Morgan fingerprint density at radius 2 is 1.38 bits per heavy atom. The van der Waals surface area contributed by atoms with Crippen molar-refractivity contribution in [2.24, 2.45) is 0 Å². The Morgan fingerprint density at radius 1 is 0.938 bits per heavy atom. The molecule has 0 radical (unpaired) electrons. The first kappa shape index (κ1) is 15.7. The Labute approximate surface area is 94.2 Å². The summed E-state index contributed by atoms with van der Waals surface area (Å²) in [6, 6.07) is 0. The lowest BCUT2D eigenvalue weighted by atomic mass is 9.98. The zero-order valence-electron chi connectivity index (χ0n) is 9.37. The summed E-state index contributed by atoms with van der Waals surface area (Å²) in [5, 5.41) is 55.7. The number of β-amino-alcohol motifs (C(OH)–C–C–N with tert-alkyl or cyclic N) is 1. The topological polar surface area (TPSA) is 125 Å². The summed E-state index contributed by atoms with van der Waals surface area (Å²) in [6.45, 7) is -1.09. The third kappa shape index (κ3) is 3.11.